The average molecular weight is 347 g/mol. The first-order valence-electron chi connectivity index (χ1n) is 8.61. The largest absolute Gasteiger partial charge is 0.340 e. The lowest BCUT2D eigenvalue weighted by molar-refractivity contribution is -0.132. The summed E-state index contributed by atoms with van der Waals surface area (Å²) in [5.41, 5.74) is 2.80. The summed E-state index contributed by atoms with van der Waals surface area (Å²) in [6, 6.07) is 0.411. The van der Waals surface area contributed by atoms with E-state index in [1.54, 1.807) is 4.52 Å². The van der Waals surface area contributed by atoms with Crippen molar-refractivity contribution in [3.63, 3.8) is 0 Å². The molecule has 2 heterocycles. The van der Waals surface area contributed by atoms with Crippen molar-refractivity contribution < 1.29 is 4.79 Å². The maximum Gasteiger partial charge on any atom is 0.253 e. The Morgan fingerprint density at radius 1 is 1.29 bits per heavy atom. The lowest BCUT2D eigenvalue weighted by Crippen LogP contribution is -2.39. The van der Waals surface area contributed by atoms with Gasteiger partial charge in [0, 0.05) is 29.5 Å². The number of fused-ring (bicyclic) bond motifs is 1. The lowest BCUT2D eigenvalue weighted by Gasteiger charge is -2.28. The number of amides is 1. The van der Waals surface area contributed by atoms with Gasteiger partial charge in [0.1, 0.15) is 0 Å². The van der Waals surface area contributed by atoms with Crippen LogP contribution in [0.2, 0.25) is 0 Å². The van der Waals surface area contributed by atoms with Crippen LogP contribution in [-0.2, 0) is 11.2 Å². The molecule has 0 saturated heterocycles. The molecule has 1 aliphatic carbocycles. The van der Waals surface area contributed by atoms with E-state index < -0.39 is 0 Å². The maximum absolute atomic E-state index is 12.9. The SMILES string of the molecule is CCN(C(=O)Cc1c(C)nc2nc(SC)nn2c1C)C1CCCC1. The van der Waals surface area contributed by atoms with Crippen LogP contribution in [0.15, 0.2) is 5.16 Å². The van der Waals surface area contributed by atoms with Crippen molar-refractivity contribution in [1.29, 1.82) is 0 Å². The molecule has 0 N–H and O–H groups in total. The number of rotatable bonds is 5. The topological polar surface area (TPSA) is 63.4 Å². The average Bonchev–Trinajstić information content (AvgIpc) is 3.21. The second kappa shape index (κ2) is 7.09. The molecule has 1 saturated carbocycles. The molecular formula is C17H25N5OS. The van der Waals surface area contributed by atoms with Crippen molar-refractivity contribution in [2.45, 2.75) is 64.1 Å². The molecule has 0 radical (unpaired) electrons. The minimum Gasteiger partial charge on any atom is -0.340 e. The summed E-state index contributed by atoms with van der Waals surface area (Å²) in [6.45, 7) is 6.79. The zero-order chi connectivity index (χ0) is 17.3. The van der Waals surface area contributed by atoms with E-state index in [0.29, 0.717) is 23.4 Å². The van der Waals surface area contributed by atoms with Crippen molar-refractivity contribution in [1.82, 2.24) is 24.5 Å². The van der Waals surface area contributed by atoms with Gasteiger partial charge in [-0.1, -0.05) is 24.6 Å². The molecule has 3 rings (SSSR count). The van der Waals surface area contributed by atoms with Gasteiger partial charge in [0.25, 0.3) is 5.78 Å². The fourth-order valence-corrected chi connectivity index (χ4v) is 3.98. The highest BCUT2D eigenvalue weighted by Gasteiger charge is 2.26. The van der Waals surface area contributed by atoms with E-state index in [1.165, 1.54) is 24.6 Å². The van der Waals surface area contributed by atoms with Crippen molar-refractivity contribution in [3.05, 3.63) is 17.0 Å². The smallest absolute Gasteiger partial charge is 0.253 e. The summed E-state index contributed by atoms with van der Waals surface area (Å²) in [7, 11) is 0. The van der Waals surface area contributed by atoms with Gasteiger partial charge in [0.05, 0.1) is 6.42 Å². The summed E-state index contributed by atoms with van der Waals surface area (Å²) >= 11 is 1.50. The fourth-order valence-electron chi connectivity index (χ4n) is 3.64. The molecule has 6 nitrogen and oxygen atoms in total. The summed E-state index contributed by atoms with van der Waals surface area (Å²) < 4.78 is 1.76. The van der Waals surface area contributed by atoms with E-state index in [-0.39, 0.29) is 5.91 Å². The third-order valence-corrected chi connectivity index (χ3v) is 5.50. The lowest BCUT2D eigenvalue weighted by atomic mass is 10.1. The normalized spacial score (nSPS) is 15.3. The van der Waals surface area contributed by atoms with Crippen molar-refractivity contribution in [3.8, 4) is 0 Å². The summed E-state index contributed by atoms with van der Waals surface area (Å²) in [4.78, 5) is 23.9. The number of carbonyl (C=O) groups excluding carboxylic acids is 1. The van der Waals surface area contributed by atoms with Gasteiger partial charge in [0.2, 0.25) is 11.1 Å². The van der Waals surface area contributed by atoms with Crippen LogP contribution in [0.25, 0.3) is 5.78 Å². The third kappa shape index (κ3) is 3.14. The van der Waals surface area contributed by atoms with Gasteiger partial charge in [-0.15, -0.1) is 5.10 Å². The molecule has 0 aromatic carbocycles. The Morgan fingerprint density at radius 2 is 2.00 bits per heavy atom. The molecule has 0 aliphatic heterocycles. The Labute approximate surface area is 147 Å². The highest BCUT2D eigenvalue weighted by molar-refractivity contribution is 7.98. The number of hydrogen-bond donors (Lipinski definition) is 0. The summed E-state index contributed by atoms with van der Waals surface area (Å²) in [5.74, 6) is 0.802. The highest BCUT2D eigenvalue weighted by atomic mass is 32.2. The molecule has 2 aromatic heterocycles. The van der Waals surface area contributed by atoms with Gasteiger partial charge in [-0.2, -0.15) is 4.98 Å². The molecule has 1 aliphatic rings. The fraction of sp³-hybridized carbons (Fsp3) is 0.647. The van der Waals surface area contributed by atoms with Crippen LogP contribution in [0.1, 0.15) is 49.6 Å². The van der Waals surface area contributed by atoms with Crippen LogP contribution in [0, 0.1) is 13.8 Å². The van der Waals surface area contributed by atoms with Gasteiger partial charge in [-0.3, -0.25) is 4.79 Å². The molecule has 1 amide bonds. The van der Waals surface area contributed by atoms with Crippen LogP contribution in [0.5, 0.6) is 0 Å². The van der Waals surface area contributed by atoms with Crippen LogP contribution in [0.3, 0.4) is 0 Å². The van der Waals surface area contributed by atoms with E-state index in [1.807, 2.05) is 25.0 Å². The highest BCUT2D eigenvalue weighted by Crippen LogP contribution is 2.25. The van der Waals surface area contributed by atoms with Crippen LogP contribution in [0.4, 0.5) is 0 Å². The van der Waals surface area contributed by atoms with Gasteiger partial charge in [-0.25, -0.2) is 9.50 Å². The van der Waals surface area contributed by atoms with Crippen molar-refractivity contribution in [2.75, 3.05) is 12.8 Å². The Balaban J connectivity index is 1.89. The first-order chi connectivity index (χ1) is 11.5. The molecule has 0 atom stereocenters. The predicted octanol–water partition coefficient (Wildman–Crippen LogP) is 2.80. The molecule has 7 heteroatoms. The van der Waals surface area contributed by atoms with Gasteiger partial charge in [0.15, 0.2) is 0 Å². The molecule has 0 bridgehead atoms. The standard InChI is InChI=1S/C17H25N5OS/c1-5-21(13-8-6-7-9-13)15(23)10-14-11(2)18-16-19-17(24-4)20-22(16)12(14)3/h13H,5-10H2,1-4H3. The molecule has 0 unspecified atom stereocenters. The maximum atomic E-state index is 12.9. The van der Waals surface area contributed by atoms with Gasteiger partial charge < -0.3 is 4.90 Å². The van der Waals surface area contributed by atoms with Crippen LogP contribution < -0.4 is 0 Å². The monoisotopic (exact) mass is 347 g/mol. The second-order valence-corrected chi connectivity index (χ2v) is 7.14. The van der Waals surface area contributed by atoms with E-state index in [2.05, 4.69) is 22.0 Å². The van der Waals surface area contributed by atoms with Gasteiger partial charge >= 0.3 is 0 Å². The van der Waals surface area contributed by atoms with Crippen LogP contribution in [-0.4, -0.2) is 49.2 Å². The Bertz CT molecular complexity index is 751. The number of nitrogens with zero attached hydrogens (tertiary/aromatic N) is 5. The van der Waals surface area contributed by atoms with E-state index in [0.717, 1.165) is 36.3 Å². The molecule has 0 spiro atoms. The van der Waals surface area contributed by atoms with E-state index >= 15 is 0 Å². The van der Waals surface area contributed by atoms with E-state index in [4.69, 9.17) is 0 Å². The second-order valence-electron chi connectivity index (χ2n) is 6.37. The number of carbonyl (C=O) groups is 1. The number of thioether (sulfide) groups is 1. The molecule has 2 aromatic rings. The van der Waals surface area contributed by atoms with Crippen molar-refractivity contribution >= 4 is 23.4 Å². The van der Waals surface area contributed by atoms with Crippen molar-refractivity contribution in [2.24, 2.45) is 0 Å². The first kappa shape index (κ1) is 17.2. The number of aromatic nitrogens is 4. The van der Waals surface area contributed by atoms with Crippen LogP contribution >= 0.6 is 11.8 Å². The number of hydrogen-bond acceptors (Lipinski definition) is 5. The Morgan fingerprint density at radius 3 is 2.62 bits per heavy atom. The minimum absolute atomic E-state index is 0.196. The minimum atomic E-state index is 0.196. The molecule has 24 heavy (non-hydrogen) atoms. The summed E-state index contributed by atoms with van der Waals surface area (Å²) in [5, 5.41) is 5.17. The molecular weight excluding hydrogens is 322 g/mol. The summed E-state index contributed by atoms with van der Waals surface area (Å²) in [6.07, 6.45) is 7.07. The number of likely N-dealkylation sites (N-methyl/N-ethyl adjacent to an activating group) is 1. The predicted molar refractivity (Wildman–Crippen MR) is 95.4 cm³/mol. The van der Waals surface area contributed by atoms with E-state index in [9.17, 15) is 4.79 Å². The van der Waals surface area contributed by atoms with Gasteiger partial charge in [-0.05, 0) is 39.9 Å². The molecule has 130 valence electrons. The zero-order valence-electron chi connectivity index (χ0n) is 14.9. The Hall–Kier alpha value is -1.63. The third-order valence-electron chi connectivity index (χ3n) is 4.97. The quantitative estimate of drug-likeness (QED) is 0.778. The Kier molecular flexibility index (Phi) is 5.08. The zero-order valence-corrected chi connectivity index (χ0v) is 15.7. The first-order valence-corrected chi connectivity index (χ1v) is 9.84. The number of aryl methyl sites for hydroxylation is 2. The molecule has 1 fully saturated rings.